The van der Waals surface area contributed by atoms with Gasteiger partial charge in [0.1, 0.15) is 11.5 Å². The Hall–Kier alpha value is -3.88. The lowest BCUT2D eigenvalue weighted by Crippen LogP contribution is -2.48. The van der Waals surface area contributed by atoms with Crippen molar-refractivity contribution in [1.29, 1.82) is 0 Å². The van der Waals surface area contributed by atoms with Gasteiger partial charge in [0.2, 0.25) is 10.0 Å². The number of rotatable bonds is 9. The second-order valence-corrected chi connectivity index (χ2v) is 15.0. The Morgan fingerprint density at radius 2 is 1.72 bits per heavy atom. The second-order valence-electron chi connectivity index (χ2n) is 12.6. The Morgan fingerprint density at radius 3 is 2.38 bits per heavy atom. The molecule has 0 saturated heterocycles. The van der Waals surface area contributed by atoms with E-state index < -0.39 is 34.1 Å². The largest absolute Gasteiger partial charge is 0.497 e. The van der Waals surface area contributed by atoms with Crippen molar-refractivity contribution in [1.82, 2.24) is 9.21 Å². The Kier molecular flexibility index (Phi) is 13.9. The third-order valence-corrected chi connectivity index (χ3v) is 10.7. The van der Waals surface area contributed by atoms with Gasteiger partial charge < -0.3 is 34.9 Å². The maximum atomic E-state index is 14.4. The average Bonchev–Trinajstić information content (AvgIpc) is 3.09. The van der Waals surface area contributed by atoms with E-state index in [-0.39, 0.29) is 42.2 Å². The molecule has 0 spiro atoms. The first-order chi connectivity index (χ1) is 23.8. The monoisotopic (exact) mass is 730 g/mol. The minimum absolute atomic E-state index is 0.0368. The summed E-state index contributed by atoms with van der Waals surface area (Å²) in [6.45, 7) is 5.80. The van der Waals surface area contributed by atoms with Crippen molar-refractivity contribution >= 4 is 44.9 Å². The average molecular weight is 731 g/mol. The van der Waals surface area contributed by atoms with Gasteiger partial charge in [-0.3, -0.25) is 4.79 Å². The van der Waals surface area contributed by atoms with Crippen LogP contribution < -0.4 is 20.1 Å². The summed E-state index contributed by atoms with van der Waals surface area (Å²) < 4.78 is 45.9. The van der Waals surface area contributed by atoms with E-state index in [9.17, 15) is 23.1 Å². The lowest BCUT2D eigenvalue weighted by atomic mass is 10.0. The fourth-order valence-corrected chi connectivity index (χ4v) is 6.88. The molecule has 14 heteroatoms. The molecule has 1 aliphatic heterocycles. The minimum atomic E-state index is -3.86. The molecule has 1 heterocycles. The van der Waals surface area contributed by atoms with Crippen LogP contribution in [0, 0.1) is 5.92 Å². The van der Waals surface area contributed by atoms with Gasteiger partial charge >= 0.3 is 6.03 Å². The van der Waals surface area contributed by atoms with E-state index >= 15 is 0 Å². The zero-order valence-electron chi connectivity index (χ0n) is 29.1. The molecule has 4 atom stereocenters. The molecule has 272 valence electrons. The molecule has 3 N–H and O–H groups in total. The van der Waals surface area contributed by atoms with E-state index in [1.165, 1.54) is 40.5 Å². The van der Waals surface area contributed by atoms with Gasteiger partial charge in [-0.1, -0.05) is 18.5 Å². The van der Waals surface area contributed by atoms with Gasteiger partial charge in [0, 0.05) is 49.1 Å². The van der Waals surface area contributed by atoms with Gasteiger partial charge in [-0.2, -0.15) is 4.31 Å². The van der Waals surface area contributed by atoms with E-state index in [0.29, 0.717) is 40.9 Å². The van der Waals surface area contributed by atoms with Crippen LogP contribution in [0.1, 0.15) is 50.4 Å². The molecule has 3 aromatic rings. The van der Waals surface area contributed by atoms with Gasteiger partial charge in [0.05, 0.1) is 42.4 Å². The number of halogens is 1. The van der Waals surface area contributed by atoms with E-state index in [1.807, 2.05) is 13.8 Å². The van der Waals surface area contributed by atoms with Crippen LogP contribution >= 0.6 is 11.6 Å². The number of amides is 3. The molecule has 50 heavy (non-hydrogen) atoms. The quantitative estimate of drug-likeness (QED) is 0.239. The van der Waals surface area contributed by atoms with E-state index in [1.54, 1.807) is 56.5 Å². The first kappa shape index (κ1) is 38.9. The predicted octanol–water partition coefficient (Wildman–Crippen LogP) is 6.11. The highest BCUT2D eigenvalue weighted by molar-refractivity contribution is 7.89. The molecule has 0 aliphatic carbocycles. The molecule has 12 nitrogen and oxygen atoms in total. The number of ether oxygens (including phenoxy) is 3. The van der Waals surface area contributed by atoms with Gasteiger partial charge in [0.25, 0.3) is 5.91 Å². The molecule has 4 rings (SSSR count). The minimum Gasteiger partial charge on any atom is -0.497 e. The van der Waals surface area contributed by atoms with Crippen LogP contribution in [0.5, 0.6) is 11.5 Å². The number of benzene rings is 3. The van der Waals surface area contributed by atoms with Crippen LogP contribution in [0.3, 0.4) is 0 Å². The molecule has 0 saturated carbocycles. The molecule has 0 radical (unpaired) electrons. The van der Waals surface area contributed by atoms with Gasteiger partial charge in [0.15, 0.2) is 0 Å². The SMILES string of the molecule is COc1ccc(NC(=O)Nc2ccc3c(c2)C(=O)N([C@H](C)CO)C[C@@H](C)[C@H](CN(C)S(=O)(=O)c2ccc(Cl)cc2)OCCCC[C@H](C)O3)cc1. The van der Waals surface area contributed by atoms with E-state index in [2.05, 4.69) is 10.6 Å². The number of aliphatic hydroxyl groups is 1. The summed E-state index contributed by atoms with van der Waals surface area (Å²) in [4.78, 5) is 28.9. The Labute approximate surface area is 299 Å². The van der Waals surface area contributed by atoms with Crippen LogP contribution in [0.25, 0.3) is 0 Å². The normalized spacial score (nSPS) is 19.9. The number of hydrogen-bond donors (Lipinski definition) is 3. The molecule has 1 aliphatic rings. The number of hydrogen-bond acceptors (Lipinski definition) is 8. The van der Waals surface area contributed by atoms with Crippen molar-refractivity contribution in [3.05, 3.63) is 77.3 Å². The fraction of sp³-hybridized carbons (Fsp3) is 0.444. The summed E-state index contributed by atoms with van der Waals surface area (Å²) in [7, 11) is -0.801. The van der Waals surface area contributed by atoms with Crippen molar-refractivity contribution in [2.24, 2.45) is 5.92 Å². The molecule has 3 aromatic carbocycles. The van der Waals surface area contributed by atoms with E-state index in [0.717, 1.165) is 12.8 Å². The van der Waals surface area contributed by atoms with E-state index in [4.69, 9.17) is 25.8 Å². The zero-order valence-corrected chi connectivity index (χ0v) is 30.7. The van der Waals surface area contributed by atoms with Crippen LogP contribution in [0.15, 0.2) is 71.6 Å². The number of methoxy groups -OCH3 is 1. The van der Waals surface area contributed by atoms with Crippen molar-refractivity contribution in [3.8, 4) is 11.5 Å². The summed E-state index contributed by atoms with van der Waals surface area (Å²) >= 11 is 5.99. The van der Waals surface area contributed by atoms with Crippen molar-refractivity contribution in [2.45, 2.75) is 63.2 Å². The highest BCUT2D eigenvalue weighted by Crippen LogP contribution is 2.29. The molecule has 0 bridgehead atoms. The Morgan fingerprint density at radius 1 is 1.06 bits per heavy atom. The molecule has 0 aromatic heterocycles. The topological polar surface area (TPSA) is 147 Å². The summed E-state index contributed by atoms with van der Waals surface area (Å²) in [6.07, 6.45) is 1.37. The van der Waals surface area contributed by atoms with Gasteiger partial charge in [-0.15, -0.1) is 0 Å². The molecule has 0 fully saturated rings. The fourth-order valence-electron chi connectivity index (χ4n) is 5.57. The smallest absolute Gasteiger partial charge is 0.323 e. The van der Waals surface area contributed by atoms with Crippen LogP contribution in [0.4, 0.5) is 16.2 Å². The number of fused-ring (bicyclic) bond motifs is 1. The molecule has 0 unspecified atom stereocenters. The number of anilines is 2. The third-order valence-electron chi connectivity index (χ3n) is 8.62. The number of nitrogens with one attached hydrogen (secondary N) is 2. The zero-order chi connectivity index (χ0) is 36.4. The van der Waals surface area contributed by atoms with Crippen molar-refractivity contribution in [2.75, 3.05) is 51.1 Å². The van der Waals surface area contributed by atoms with Gasteiger partial charge in [-0.05, 0) is 99.8 Å². The number of sulfonamides is 1. The van der Waals surface area contributed by atoms with Crippen LogP contribution in [0.2, 0.25) is 5.02 Å². The Bertz CT molecular complexity index is 1690. The summed E-state index contributed by atoms with van der Waals surface area (Å²) in [5.41, 5.74) is 1.12. The summed E-state index contributed by atoms with van der Waals surface area (Å²) in [5.74, 6) is 0.236. The number of aliphatic hydroxyl groups excluding tert-OH is 1. The first-order valence-electron chi connectivity index (χ1n) is 16.6. The summed E-state index contributed by atoms with van der Waals surface area (Å²) in [5, 5.41) is 16.2. The number of carbonyl (C=O) groups excluding carboxylic acids is 2. The van der Waals surface area contributed by atoms with Crippen LogP contribution in [-0.2, 0) is 14.8 Å². The molecular formula is C36H47ClN4O8S. The lowest BCUT2D eigenvalue weighted by molar-refractivity contribution is -0.00833. The number of nitrogens with zero attached hydrogens (tertiary/aromatic N) is 2. The predicted molar refractivity (Wildman–Crippen MR) is 194 cm³/mol. The highest BCUT2D eigenvalue weighted by Gasteiger charge is 2.32. The van der Waals surface area contributed by atoms with Crippen molar-refractivity contribution in [3.63, 3.8) is 0 Å². The molecular weight excluding hydrogens is 684 g/mol. The number of likely N-dealkylation sites (N-methyl/N-ethyl adjacent to an activating group) is 1. The van der Waals surface area contributed by atoms with Crippen molar-refractivity contribution < 1.29 is 37.3 Å². The highest BCUT2D eigenvalue weighted by atomic mass is 35.5. The maximum Gasteiger partial charge on any atom is 0.323 e. The molecule has 3 amide bonds. The maximum absolute atomic E-state index is 14.4. The third kappa shape index (κ3) is 10.3. The van der Waals surface area contributed by atoms with Crippen LogP contribution in [-0.4, -0.2) is 93.4 Å². The first-order valence-corrected chi connectivity index (χ1v) is 18.4. The Balaban J connectivity index is 1.61. The standard InChI is InChI=1S/C36H47ClN4O8S/c1-24-21-41(25(2)23-42)35(43)32-20-29(39-36(44)38-28-11-14-30(47-5)15-12-28)13-18-33(32)49-26(3)8-6-7-19-48-34(24)22-40(4)50(45,46)31-16-9-27(37)10-17-31/h9-18,20,24-26,34,42H,6-8,19,21-23H2,1-5H3,(H2,38,39,44)/t24-,25-,26+,34+/m1/s1. The lowest BCUT2D eigenvalue weighted by Gasteiger charge is -2.35. The summed E-state index contributed by atoms with van der Waals surface area (Å²) in [6, 6.07) is 16.6. The number of urea groups is 1. The second kappa shape index (κ2) is 17.9. The number of carbonyl (C=O) groups is 2. The van der Waals surface area contributed by atoms with Gasteiger partial charge in [-0.25, -0.2) is 13.2 Å².